The summed E-state index contributed by atoms with van der Waals surface area (Å²) in [7, 11) is 0. The number of fused-ring (bicyclic) bond motifs is 1. The highest BCUT2D eigenvalue weighted by molar-refractivity contribution is 5.84. The molecule has 1 N–H and O–H groups in total. The molecule has 0 saturated carbocycles. The number of benzene rings is 2. The van der Waals surface area contributed by atoms with Gasteiger partial charge in [0, 0.05) is 0 Å². The molecule has 0 aliphatic heterocycles. The SMILES string of the molecule is CC(C)CCOc1ccc(C=NNC(=O)Cn2c(C(F)(F)F)nc3ccccc32)cc1. The van der Waals surface area contributed by atoms with Gasteiger partial charge in [-0.2, -0.15) is 18.3 Å². The Kier molecular flexibility index (Phi) is 6.94. The van der Waals surface area contributed by atoms with Crippen molar-refractivity contribution in [3.05, 3.63) is 59.9 Å². The number of aromatic nitrogens is 2. The van der Waals surface area contributed by atoms with Crippen LogP contribution in [0.2, 0.25) is 0 Å². The molecule has 0 bridgehead atoms. The number of ether oxygens (including phenoxy) is 1. The number of alkyl halides is 3. The molecule has 1 aromatic heterocycles. The lowest BCUT2D eigenvalue weighted by molar-refractivity contribution is -0.147. The topological polar surface area (TPSA) is 68.5 Å². The minimum Gasteiger partial charge on any atom is -0.494 e. The van der Waals surface area contributed by atoms with Gasteiger partial charge in [-0.15, -0.1) is 0 Å². The van der Waals surface area contributed by atoms with E-state index in [4.69, 9.17) is 4.74 Å². The highest BCUT2D eigenvalue weighted by atomic mass is 19.4. The number of halogens is 3. The predicted octanol–water partition coefficient (Wildman–Crippen LogP) is 4.63. The second kappa shape index (κ2) is 9.63. The van der Waals surface area contributed by atoms with E-state index >= 15 is 0 Å². The van der Waals surface area contributed by atoms with Crippen molar-refractivity contribution in [2.45, 2.75) is 33.0 Å². The molecule has 3 rings (SSSR count). The molecular weight excluding hydrogens is 409 g/mol. The molecule has 3 aromatic rings. The Morgan fingerprint density at radius 2 is 1.90 bits per heavy atom. The van der Waals surface area contributed by atoms with Gasteiger partial charge < -0.3 is 9.30 Å². The summed E-state index contributed by atoms with van der Waals surface area (Å²) in [5.74, 6) is -0.532. The van der Waals surface area contributed by atoms with Crippen LogP contribution in [-0.4, -0.2) is 28.3 Å². The predicted molar refractivity (Wildman–Crippen MR) is 112 cm³/mol. The van der Waals surface area contributed by atoms with E-state index < -0.39 is 24.5 Å². The van der Waals surface area contributed by atoms with E-state index in [0.29, 0.717) is 18.1 Å². The van der Waals surface area contributed by atoms with Crippen molar-refractivity contribution in [2.75, 3.05) is 6.61 Å². The van der Waals surface area contributed by atoms with Crippen LogP contribution < -0.4 is 10.2 Å². The Bertz CT molecular complexity index is 1060. The van der Waals surface area contributed by atoms with Crippen LogP contribution in [0.4, 0.5) is 13.2 Å². The third kappa shape index (κ3) is 6.07. The number of hydrogen-bond donors (Lipinski definition) is 1. The van der Waals surface area contributed by atoms with Gasteiger partial charge in [0.05, 0.1) is 23.9 Å². The van der Waals surface area contributed by atoms with Gasteiger partial charge in [-0.25, -0.2) is 10.4 Å². The van der Waals surface area contributed by atoms with Crippen LogP contribution in [0.15, 0.2) is 53.6 Å². The van der Waals surface area contributed by atoms with E-state index in [1.54, 1.807) is 36.4 Å². The largest absolute Gasteiger partial charge is 0.494 e. The summed E-state index contributed by atoms with van der Waals surface area (Å²) in [6, 6.07) is 13.2. The maximum absolute atomic E-state index is 13.3. The van der Waals surface area contributed by atoms with Crippen molar-refractivity contribution >= 4 is 23.2 Å². The van der Waals surface area contributed by atoms with Gasteiger partial charge in [-0.05, 0) is 54.3 Å². The molecule has 0 fully saturated rings. The van der Waals surface area contributed by atoms with E-state index in [0.717, 1.165) is 16.7 Å². The lowest BCUT2D eigenvalue weighted by Crippen LogP contribution is -2.26. The van der Waals surface area contributed by atoms with Gasteiger partial charge in [0.25, 0.3) is 5.91 Å². The molecule has 31 heavy (non-hydrogen) atoms. The van der Waals surface area contributed by atoms with Crippen molar-refractivity contribution in [3.8, 4) is 5.75 Å². The van der Waals surface area contributed by atoms with Crippen molar-refractivity contribution in [1.82, 2.24) is 15.0 Å². The van der Waals surface area contributed by atoms with Gasteiger partial charge in [0.2, 0.25) is 5.82 Å². The number of nitrogens with one attached hydrogen (secondary N) is 1. The molecule has 1 heterocycles. The van der Waals surface area contributed by atoms with Gasteiger partial charge >= 0.3 is 6.18 Å². The van der Waals surface area contributed by atoms with Crippen molar-refractivity contribution in [1.29, 1.82) is 0 Å². The lowest BCUT2D eigenvalue weighted by Gasteiger charge is -2.10. The average Bonchev–Trinajstić information content (AvgIpc) is 3.08. The van der Waals surface area contributed by atoms with Crippen LogP contribution in [0.25, 0.3) is 11.0 Å². The van der Waals surface area contributed by atoms with Crippen LogP contribution in [0.3, 0.4) is 0 Å². The first-order chi connectivity index (χ1) is 14.7. The number of hydrogen-bond acceptors (Lipinski definition) is 4. The third-order valence-electron chi connectivity index (χ3n) is 4.46. The first-order valence-corrected chi connectivity index (χ1v) is 9.81. The fraction of sp³-hybridized carbons (Fsp3) is 0.318. The van der Waals surface area contributed by atoms with Crippen LogP contribution >= 0.6 is 0 Å². The van der Waals surface area contributed by atoms with Crippen LogP contribution in [0, 0.1) is 5.92 Å². The number of imidazole rings is 1. The molecule has 0 aliphatic carbocycles. The van der Waals surface area contributed by atoms with E-state index in [1.165, 1.54) is 18.3 Å². The Morgan fingerprint density at radius 1 is 1.19 bits per heavy atom. The molecule has 164 valence electrons. The third-order valence-corrected chi connectivity index (χ3v) is 4.46. The van der Waals surface area contributed by atoms with E-state index in [-0.39, 0.29) is 11.0 Å². The van der Waals surface area contributed by atoms with Crippen molar-refractivity contribution < 1.29 is 22.7 Å². The van der Waals surface area contributed by atoms with E-state index in [1.807, 2.05) is 0 Å². The maximum atomic E-state index is 13.3. The molecule has 1 amide bonds. The van der Waals surface area contributed by atoms with Crippen LogP contribution in [0.5, 0.6) is 5.75 Å². The van der Waals surface area contributed by atoms with Gasteiger partial charge in [0.15, 0.2) is 0 Å². The monoisotopic (exact) mass is 432 g/mol. The summed E-state index contributed by atoms with van der Waals surface area (Å²) < 4.78 is 46.4. The minimum atomic E-state index is -4.68. The molecular formula is C22H23F3N4O2. The smallest absolute Gasteiger partial charge is 0.449 e. The summed E-state index contributed by atoms with van der Waals surface area (Å²) in [5.41, 5.74) is 3.36. The Hall–Kier alpha value is -3.36. The number of rotatable bonds is 8. The second-order valence-electron chi connectivity index (χ2n) is 7.40. The number of carbonyl (C=O) groups is 1. The van der Waals surface area contributed by atoms with Gasteiger partial charge in [0.1, 0.15) is 12.3 Å². The number of nitrogens with zero attached hydrogens (tertiary/aromatic N) is 3. The molecule has 0 unspecified atom stereocenters. The number of amides is 1. The molecule has 0 aliphatic rings. The normalized spacial score (nSPS) is 12.1. The molecule has 2 aromatic carbocycles. The molecule has 6 nitrogen and oxygen atoms in total. The van der Waals surface area contributed by atoms with E-state index in [9.17, 15) is 18.0 Å². The molecule has 0 atom stereocenters. The summed E-state index contributed by atoms with van der Waals surface area (Å²) >= 11 is 0. The molecule has 0 saturated heterocycles. The maximum Gasteiger partial charge on any atom is 0.449 e. The Labute approximate surface area is 177 Å². The molecule has 9 heteroatoms. The van der Waals surface area contributed by atoms with Gasteiger partial charge in [-0.3, -0.25) is 4.79 Å². The van der Waals surface area contributed by atoms with Crippen LogP contribution in [0.1, 0.15) is 31.7 Å². The standard InChI is InChI=1S/C22H23F3N4O2/c1-15(2)11-12-31-17-9-7-16(8-10-17)13-26-28-20(30)14-29-19-6-4-3-5-18(19)27-21(29)22(23,24)25/h3-10,13,15H,11-12,14H2,1-2H3,(H,28,30). The summed E-state index contributed by atoms with van der Waals surface area (Å²) in [6.07, 6.45) is -2.31. The average molecular weight is 432 g/mol. The van der Waals surface area contributed by atoms with Crippen molar-refractivity contribution in [2.24, 2.45) is 11.0 Å². The molecule has 0 radical (unpaired) electrons. The highest BCUT2D eigenvalue weighted by Crippen LogP contribution is 2.31. The summed E-state index contributed by atoms with van der Waals surface area (Å²) in [5, 5.41) is 3.83. The quantitative estimate of drug-likeness (QED) is 0.417. The fourth-order valence-electron chi connectivity index (χ4n) is 2.87. The zero-order valence-corrected chi connectivity index (χ0v) is 17.2. The van der Waals surface area contributed by atoms with Gasteiger partial charge in [-0.1, -0.05) is 26.0 Å². The number of para-hydroxylation sites is 2. The zero-order valence-electron chi connectivity index (χ0n) is 17.2. The first-order valence-electron chi connectivity index (χ1n) is 9.81. The lowest BCUT2D eigenvalue weighted by atomic mass is 10.1. The summed E-state index contributed by atoms with van der Waals surface area (Å²) in [4.78, 5) is 15.8. The minimum absolute atomic E-state index is 0.168. The van der Waals surface area contributed by atoms with Crippen LogP contribution in [-0.2, 0) is 17.5 Å². The number of hydrazone groups is 1. The van der Waals surface area contributed by atoms with Crippen molar-refractivity contribution in [3.63, 3.8) is 0 Å². The first kappa shape index (κ1) is 22.3. The Morgan fingerprint density at radius 3 is 2.58 bits per heavy atom. The molecule has 0 spiro atoms. The summed E-state index contributed by atoms with van der Waals surface area (Å²) in [6.45, 7) is 4.31. The number of carbonyl (C=O) groups excluding carboxylic acids is 1. The van der Waals surface area contributed by atoms with E-state index in [2.05, 4.69) is 29.4 Å². The highest BCUT2D eigenvalue weighted by Gasteiger charge is 2.37. The Balaban J connectivity index is 1.61. The second-order valence-corrected chi connectivity index (χ2v) is 7.40. The zero-order chi connectivity index (χ0) is 22.4. The fourth-order valence-corrected chi connectivity index (χ4v) is 2.87.